The number of hydrogen-bond acceptors (Lipinski definition) is 0. The van der Waals surface area contributed by atoms with Crippen LogP contribution in [0.25, 0.3) is 0 Å². The molecule has 0 aromatic heterocycles. The Labute approximate surface area is 118 Å². The number of alkyl halides is 2. The Balaban J connectivity index is 2.05. The fourth-order valence-electron chi connectivity index (χ4n) is 2.86. The first-order valence-corrected chi connectivity index (χ1v) is 6.82. The molecule has 1 saturated carbocycles. The molecule has 2 heteroatoms. The molecule has 1 fully saturated rings. The largest absolute Gasteiger partial charge is 0.136 e. The summed E-state index contributed by atoms with van der Waals surface area (Å²) in [5, 5.41) is 0. The fourth-order valence-corrected chi connectivity index (χ4v) is 3.88. The van der Waals surface area contributed by atoms with E-state index in [4.69, 9.17) is 23.2 Å². The highest BCUT2D eigenvalue weighted by Gasteiger charge is 2.74. The lowest BCUT2D eigenvalue weighted by atomic mass is 9.93. The van der Waals surface area contributed by atoms with Crippen LogP contribution >= 0.6 is 23.2 Å². The Bertz CT molecular complexity index is 548. The summed E-state index contributed by atoms with van der Waals surface area (Å²) in [6.07, 6.45) is 0. The van der Waals surface area contributed by atoms with Crippen LogP contribution in [-0.4, -0.2) is 4.33 Å². The summed E-state index contributed by atoms with van der Waals surface area (Å²) < 4.78 is -0.726. The molecule has 2 aromatic carbocycles. The quantitative estimate of drug-likeness (QED) is 0.684. The normalized spacial score (nSPS) is 28.9. The highest BCUT2D eigenvalue weighted by Crippen LogP contribution is 2.74. The van der Waals surface area contributed by atoms with Gasteiger partial charge in [-0.1, -0.05) is 90.8 Å². The minimum Gasteiger partial charge on any atom is -0.0999 e. The average Bonchev–Trinajstić information content (AvgIpc) is 2.87. The molecule has 0 aliphatic heterocycles. The van der Waals surface area contributed by atoms with Crippen LogP contribution in [0.3, 0.4) is 0 Å². The highest BCUT2D eigenvalue weighted by molar-refractivity contribution is 6.53. The molecule has 2 aromatic rings. The van der Waals surface area contributed by atoms with Gasteiger partial charge in [0.1, 0.15) is 4.33 Å². The van der Waals surface area contributed by atoms with Crippen LogP contribution in [0.5, 0.6) is 0 Å². The van der Waals surface area contributed by atoms with Crippen molar-refractivity contribution in [3.63, 3.8) is 0 Å². The molecule has 1 aliphatic rings. The van der Waals surface area contributed by atoms with E-state index in [1.165, 1.54) is 11.1 Å². The lowest BCUT2D eigenvalue weighted by molar-refractivity contribution is 0.742. The first-order chi connectivity index (χ1) is 8.58. The third-order valence-electron chi connectivity index (χ3n) is 4.06. The van der Waals surface area contributed by atoms with E-state index >= 15 is 0 Å². The van der Waals surface area contributed by atoms with Crippen molar-refractivity contribution in [2.75, 3.05) is 0 Å². The molecule has 92 valence electrons. The van der Waals surface area contributed by atoms with Gasteiger partial charge in [0.15, 0.2) is 0 Å². The van der Waals surface area contributed by atoms with Crippen LogP contribution in [0.2, 0.25) is 0 Å². The Morgan fingerprint density at radius 2 is 1.33 bits per heavy atom. The van der Waals surface area contributed by atoms with E-state index in [1.807, 2.05) is 36.4 Å². The van der Waals surface area contributed by atoms with Crippen LogP contribution in [0.1, 0.15) is 24.0 Å². The van der Waals surface area contributed by atoms with E-state index < -0.39 is 4.33 Å². The van der Waals surface area contributed by atoms with Crippen molar-refractivity contribution < 1.29 is 0 Å². The van der Waals surface area contributed by atoms with E-state index in [2.05, 4.69) is 31.2 Å². The second-order valence-corrected chi connectivity index (χ2v) is 6.42. The number of hydrogen-bond donors (Lipinski definition) is 0. The monoisotopic (exact) mass is 276 g/mol. The third-order valence-corrected chi connectivity index (χ3v) is 5.28. The molecule has 0 nitrogen and oxygen atoms in total. The molecule has 1 aliphatic carbocycles. The maximum atomic E-state index is 6.55. The second-order valence-electron chi connectivity index (χ2n) is 5.04. The Hall–Kier alpha value is -0.980. The summed E-state index contributed by atoms with van der Waals surface area (Å²) >= 11 is 13.1. The molecular formula is C16H14Cl2. The molecule has 2 atom stereocenters. The van der Waals surface area contributed by atoms with E-state index in [-0.39, 0.29) is 11.3 Å². The van der Waals surface area contributed by atoms with Crippen LogP contribution in [0.4, 0.5) is 0 Å². The number of benzene rings is 2. The van der Waals surface area contributed by atoms with Gasteiger partial charge < -0.3 is 0 Å². The first-order valence-electron chi connectivity index (χ1n) is 6.07. The topological polar surface area (TPSA) is 0 Å². The summed E-state index contributed by atoms with van der Waals surface area (Å²) in [5.41, 5.74) is 2.19. The van der Waals surface area contributed by atoms with Crippen LogP contribution in [0.15, 0.2) is 60.7 Å². The van der Waals surface area contributed by atoms with Gasteiger partial charge >= 0.3 is 0 Å². The van der Waals surface area contributed by atoms with Crippen molar-refractivity contribution in [1.82, 2.24) is 0 Å². The molecule has 0 amide bonds. The molecular weight excluding hydrogens is 263 g/mol. The molecule has 0 radical (unpaired) electrons. The third kappa shape index (κ3) is 1.52. The molecule has 0 N–H and O–H groups in total. The minimum absolute atomic E-state index is 0.150. The molecule has 18 heavy (non-hydrogen) atoms. The van der Waals surface area contributed by atoms with Gasteiger partial charge in [-0.05, 0) is 11.1 Å². The molecule has 2 unspecified atom stereocenters. The van der Waals surface area contributed by atoms with Crippen molar-refractivity contribution in [2.45, 2.75) is 22.6 Å². The lowest BCUT2D eigenvalue weighted by Crippen LogP contribution is -2.09. The van der Waals surface area contributed by atoms with Crippen LogP contribution < -0.4 is 0 Å². The summed E-state index contributed by atoms with van der Waals surface area (Å²) in [6, 6.07) is 20.5. The maximum absolute atomic E-state index is 6.55. The van der Waals surface area contributed by atoms with Gasteiger partial charge in [0.05, 0.1) is 0 Å². The number of halogens is 2. The molecule has 0 spiro atoms. The van der Waals surface area contributed by atoms with Gasteiger partial charge in [-0.25, -0.2) is 0 Å². The zero-order chi connectivity index (χ0) is 12.8. The molecule has 0 saturated heterocycles. The van der Waals surface area contributed by atoms with Gasteiger partial charge in [-0.15, -0.1) is 0 Å². The van der Waals surface area contributed by atoms with Gasteiger partial charge in [0, 0.05) is 11.3 Å². The highest BCUT2D eigenvalue weighted by atomic mass is 35.5. The van der Waals surface area contributed by atoms with Crippen molar-refractivity contribution in [2.24, 2.45) is 0 Å². The fraction of sp³-hybridized carbons (Fsp3) is 0.250. The minimum atomic E-state index is -0.726. The SMILES string of the molecule is CC1(c2ccccc2)C(c2ccccc2)C1(Cl)Cl. The van der Waals surface area contributed by atoms with Crippen molar-refractivity contribution >= 4 is 23.2 Å². The van der Waals surface area contributed by atoms with Crippen molar-refractivity contribution in [3.8, 4) is 0 Å². The van der Waals surface area contributed by atoms with Crippen LogP contribution in [-0.2, 0) is 5.41 Å². The van der Waals surface area contributed by atoms with Crippen molar-refractivity contribution in [1.29, 1.82) is 0 Å². The Morgan fingerprint density at radius 3 is 1.89 bits per heavy atom. The van der Waals surface area contributed by atoms with Gasteiger partial charge in [0.2, 0.25) is 0 Å². The maximum Gasteiger partial charge on any atom is 0.136 e. The van der Waals surface area contributed by atoms with Crippen molar-refractivity contribution in [3.05, 3.63) is 71.8 Å². The van der Waals surface area contributed by atoms with E-state index in [0.717, 1.165) is 0 Å². The zero-order valence-electron chi connectivity index (χ0n) is 10.1. The first kappa shape index (κ1) is 12.1. The smallest absolute Gasteiger partial charge is 0.0999 e. The summed E-state index contributed by atoms with van der Waals surface area (Å²) in [5.74, 6) is 0.150. The standard InChI is InChI=1S/C16H14Cl2/c1-15(13-10-6-3-7-11-13)14(16(15,17)18)12-8-4-2-5-9-12/h2-11,14H,1H3. The lowest BCUT2D eigenvalue weighted by Gasteiger charge is -2.12. The van der Waals surface area contributed by atoms with Gasteiger partial charge in [0.25, 0.3) is 0 Å². The Kier molecular flexibility index (Phi) is 2.69. The van der Waals surface area contributed by atoms with E-state index in [1.54, 1.807) is 0 Å². The summed E-state index contributed by atoms with van der Waals surface area (Å²) in [7, 11) is 0. The molecule has 0 heterocycles. The van der Waals surface area contributed by atoms with Gasteiger partial charge in [-0.3, -0.25) is 0 Å². The molecule has 3 rings (SSSR count). The zero-order valence-corrected chi connectivity index (χ0v) is 11.6. The number of rotatable bonds is 2. The predicted molar refractivity (Wildman–Crippen MR) is 77.4 cm³/mol. The second kappa shape index (κ2) is 4.01. The van der Waals surface area contributed by atoms with Gasteiger partial charge in [-0.2, -0.15) is 0 Å². The summed E-state index contributed by atoms with van der Waals surface area (Å²) in [6.45, 7) is 2.14. The van der Waals surface area contributed by atoms with Crippen LogP contribution in [0, 0.1) is 0 Å². The Morgan fingerprint density at radius 1 is 0.833 bits per heavy atom. The summed E-state index contributed by atoms with van der Waals surface area (Å²) in [4.78, 5) is 0. The molecule has 0 bridgehead atoms. The predicted octanol–water partition coefficient (Wildman–Crippen LogP) is 4.92. The average molecular weight is 277 g/mol. The van der Waals surface area contributed by atoms with E-state index in [0.29, 0.717) is 0 Å². The van der Waals surface area contributed by atoms with E-state index in [9.17, 15) is 0 Å².